The number of nitrogens with one attached hydrogen (secondary N) is 1. The van der Waals surface area contributed by atoms with Gasteiger partial charge < -0.3 is 10.2 Å². The molecule has 1 amide bonds. The second-order valence-electron chi connectivity index (χ2n) is 7.87. The van der Waals surface area contributed by atoms with Gasteiger partial charge in [-0.1, -0.05) is 25.1 Å². The van der Waals surface area contributed by atoms with Crippen LogP contribution in [0.25, 0.3) is 5.69 Å². The van der Waals surface area contributed by atoms with E-state index in [9.17, 15) is 4.79 Å². The van der Waals surface area contributed by atoms with Crippen LogP contribution < -0.4 is 5.32 Å². The lowest BCUT2D eigenvalue weighted by Gasteiger charge is -2.31. The first kappa shape index (κ1) is 18.2. The second kappa shape index (κ2) is 7.85. The van der Waals surface area contributed by atoms with Gasteiger partial charge in [-0.15, -0.1) is 0 Å². The van der Waals surface area contributed by atoms with E-state index < -0.39 is 0 Å². The van der Waals surface area contributed by atoms with Crippen LogP contribution in [0.2, 0.25) is 0 Å². The topological polar surface area (TPSA) is 50.2 Å². The van der Waals surface area contributed by atoms with E-state index in [1.807, 2.05) is 21.7 Å². The molecular formula is C22H30N4O. The van der Waals surface area contributed by atoms with Crippen molar-refractivity contribution >= 4 is 5.91 Å². The van der Waals surface area contributed by atoms with Crippen molar-refractivity contribution in [2.24, 2.45) is 5.92 Å². The van der Waals surface area contributed by atoms with Gasteiger partial charge in [0.1, 0.15) is 0 Å². The van der Waals surface area contributed by atoms with Gasteiger partial charge in [0.2, 0.25) is 0 Å². The van der Waals surface area contributed by atoms with Crippen molar-refractivity contribution in [2.45, 2.75) is 46.0 Å². The summed E-state index contributed by atoms with van der Waals surface area (Å²) in [5.41, 5.74) is 5.39. The monoisotopic (exact) mass is 366 g/mol. The third kappa shape index (κ3) is 3.53. The SMILES string of the molecule is CCNCC1CCN(C(=O)c2nn(-c3ccccc3C)c3c2CCC3)CC1. The van der Waals surface area contributed by atoms with E-state index in [1.54, 1.807) is 0 Å². The first-order valence-corrected chi connectivity index (χ1v) is 10.4. The lowest BCUT2D eigenvalue weighted by atomic mass is 9.96. The molecule has 0 atom stereocenters. The molecule has 4 rings (SSSR count). The normalized spacial score (nSPS) is 17.3. The van der Waals surface area contributed by atoms with Crippen molar-refractivity contribution in [3.05, 3.63) is 46.8 Å². The summed E-state index contributed by atoms with van der Waals surface area (Å²) in [6.45, 7) is 8.03. The molecule has 2 aliphatic rings. The molecule has 2 heterocycles. The molecule has 144 valence electrons. The molecule has 1 fully saturated rings. The number of rotatable bonds is 5. The van der Waals surface area contributed by atoms with Gasteiger partial charge >= 0.3 is 0 Å². The standard InChI is InChI=1S/C22H30N4O/c1-3-23-15-17-11-13-25(14-12-17)22(27)21-18-8-6-10-20(18)26(24-21)19-9-5-4-7-16(19)2/h4-5,7,9,17,23H,3,6,8,10-15H2,1-2H3. The molecule has 27 heavy (non-hydrogen) atoms. The van der Waals surface area contributed by atoms with Crippen LogP contribution in [-0.4, -0.2) is 46.8 Å². The van der Waals surface area contributed by atoms with Crippen molar-refractivity contribution in [3.63, 3.8) is 0 Å². The molecule has 2 aromatic rings. The summed E-state index contributed by atoms with van der Waals surface area (Å²) in [7, 11) is 0. The van der Waals surface area contributed by atoms with Crippen LogP contribution in [0.4, 0.5) is 0 Å². The Bertz CT molecular complexity index is 818. The average molecular weight is 367 g/mol. The molecule has 0 radical (unpaired) electrons. The van der Waals surface area contributed by atoms with Crippen molar-refractivity contribution < 1.29 is 4.79 Å². The Balaban J connectivity index is 1.56. The number of piperidine rings is 1. The molecule has 1 N–H and O–H groups in total. The number of carbonyl (C=O) groups is 1. The summed E-state index contributed by atoms with van der Waals surface area (Å²) in [5, 5.41) is 8.26. The summed E-state index contributed by atoms with van der Waals surface area (Å²) in [6.07, 6.45) is 5.26. The number of aromatic nitrogens is 2. The largest absolute Gasteiger partial charge is 0.337 e. The number of aryl methyl sites for hydroxylation is 1. The number of para-hydroxylation sites is 1. The van der Waals surface area contributed by atoms with E-state index in [0.29, 0.717) is 11.6 Å². The van der Waals surface area contributed by atoms with Crippen molar-refractivity contribution in [1.82, 2.24) is 20.0 Å². The quantitative estimate of drug-likeness (QED) is 0.884. The maximum absolute atomic E-state index is 13.2. The Morgan fingerprint density at radius 1 is 1.22 bits per heavy atom. The smallest absolute Gasteiger partial charge is 0.274 e. The van der Waals surface area contributed by atoms with Gasteiger partial charge in [-0.3, -0.25) is 4.79 Å². The lowest BCUT2D eigenvalue weighted by Crippen LogP contribution is -2.41. The zero-order valence-corrected chi connectivity index (χ0v) is 16.5. The molecule has 1 aliphatic carbocycles. The van der Waals surface area contributed by atoms with Gasteiger partial charge in [0.05, 0.1) is 5.69 Å². The number of hydrogen-bond acceptors (Lipinski definition) is 3. The van der Waals surface area contributed by atoms with E-state index in [4.69, 9.17) is 5.10 Å². The summed E-state index contributed by atoms with van der Waals surface area (Å²) >= 11 is 0. The van der Waals surface area contributed by atoms with Gasteiger partial charge in [0, 0.05) is 24.3 Å². The fourth-order valence-corrected chi connectivity index (χ4v) is 4.45. The second-order valence-corrected chi connectivity index (χ2v) is 7.87. The molecule has 0 unspecified atom stereocenters. The molecule has 0 spiro atoms. The van der Waals surface area contributed by atoms with E-state index in [2.05, 4.69) is 31.3 Å². The molecule has 0 bridgehead atoms. The fraction of sp³-hybridized carbons (Fsp3) is 0.545. The maximum atomic E-state index is 13.2. The third-order valence-corrected chi connectivity index (χ3v) is 6.06. The van der Waals surface area contributed by atoms with Gasteiger partial charge in [0.15, 0.2) is 5.69 Å². The van der Waals surface area contributed by atoms with Crippen LogP contribution in [0.5, 0.6) is 0 Å². The average Bonchev–Trinajstić information content (AvgIpc) is 3.30. The van der Waals surface area contributed by atoms with E-state index in [-0.39, 0.29) is 5.91 Å². The van der Waals surface area contributed by atoms with Gasteiger partial charge in [-0.05, 0) is 69.7 Å². The van der Waals surface area contributed by atoms with Crippen LogP contribution in [0.3, 0.4) is 0 Å². The minimum atomic E-state index is 0.127. The highest BCUT2D eigenvalue weighted by Crippen LogP contribution is 2.30. The Morgan fingerprint density at radius 2 is 2.00 bits per heavy atom. The third-order valence-electron chi connectivity index (χ3n) is 6.06. The molecule has 0 saturated carbocycles. The molecule has 1 aliphatic heterocycles. The predicted octanol–water partition coefficient (Wildman–Crippen LogP) is 3.13. The lowest BCUT2D eigenvalue weighted by molar-refractivity contribution is 0.0682. The van der Waals surface area contributed by atoms with Crippen molar-refractivity contribution in [2.75, 3.05) is 26.2 Å². The number of nitrogens with zero attached hydrogens (tertiary/aromatic N) is 3. The number of amides is 1. The number of fused-ring (bicyclic) bond motifs is 1. The van der Waals surface area contributed by atoms with Crippen LogP contribution in [0, 0.1) is 12.8 Å². The molecule has 5 nitrogen and oxygen atoms in total. The first-order chi connectivity index (χ1) is 13.2. The predicted molar refractivity (Wildman–Crippen MR) is 107 cm³/mol. The fourth-order valence-electron chi connectivity index (χ4n) is 4.45. The minimum Gasteiger partial charge on any atom is -0.337 e. The van der Waals surface area contributed by atoms with Crippen LogP contribution >= 0.6 is 0 Å². The molecule has 1 aromatic carbocycles. The molecular weight excluding hydrogens is 336 g/mol. The highest BCUT2D eigenvalue weighted by molar-refractivity contribution is 5.94. The highest BCUT2D eigenvalue weighted by Gasteiger charge is 2.31. The van der Waals surface area contributed by atoms with E-state index >= 15 is 0 Å². The van der Waals surface area contributed by atoms with Crippen LogP contribution in [0.15, 0.2) is 24.3 Å². The summed E-state index contributed by atoms with van der Waals surface area (Å²) in [6, 6.07) is 8.30. The number of carbonyl (C=O) groups excluding carboxylic acids is 1. The highest BCUT2D eigenvalue weighted by atomic mass is 16.2. The van der Waals surface area contributed by atoms with Crippen LogP contribution in [-0.2, 0) is 12.8 Å². The Labute approximate surface area is 161 Å². The molecule has 5 heteroatoms. The molecule has 1 saturated heterocycles. The summed E-state index contributed by atoms with van der Waals surface area (Å²) in [5.74, 6) is 0.812. The van der Waals surface area contributed by atoms with Crippen molar-refractivity contribution in [1.29, 1.82) is 0 Å². The van der Waals surface area contributed by atoms with Gasteiger partial charge in [-0.2, -0.15) is 5.10 Å². The summed E-state index contributed by atoms with van der Waals surface area (Å²) in [4.78, 5) is 15.3. The zero-order chi connectivity index (χ0) is 18.8. The Morgan fingerprint density at radius 3 is 2.74 bits per heavy atom. The van der Waals surface area contributed by atoms with Gasteiger partial charge in [-0.25, -0.2) is 4.68 Å². The Hall–Kier alpha value is -2.14. The minimum absolute atomic E-state index is 0.127. The summed E-state index contributed by atoms with van der Waals surface area (Å²) < 4.78 is 2.03. The number of likely N-dealkylation sites (tertiary alicyclic amines) is 1. The van der Waals surface area contributed by atoms with Crippen LogP contribution in [0.1, 0.15) is 53.5 Å². The first-order valence-electron chi connectivity index (χ1n) is 10.4. The van der Waals surface area contributed by atoms with E-state index in [0.717, 1.165) is 64.0 Å². The van der Waals surface area contributed by atoms with Gasteiger partial charge in [0.25, 0.3) is 5.91 Å². The zero-order valence-electron chi connectivity index (χ0n) is 16.5. The van der Waals surface area contributed by atoms with E-state index in [1.165, 1.54) is 16.8 Å². The molecule has 1 aromatic heterocycles. The maximum Gasteiger partial charge on any atom is 0.274 e. The number of hydrogen-bond donors (Lipinski definition) is 1. The number of benzene rings is 1. The Kier molecular flexibility index (Phi) is 5.30. The van der Waals surface area contributed by atoms with Crippen molar-refractivity contribution in [3.8, 4) is 5.69 Å².